The van der Waals surface area contributed by atoms with Crippen LogP contribution in [0.15, 0.2) is 24.3 Å². The summed E-state index contributed by atoms with van der Waals surface area (Å²) in [6.45, 7) is 0. The zero-order valence-electron chi connectivity index (χ0n) is 7.67. The van der Waals surface area contributed by atoms with Crippen LogP contribution in [-0.4, -0.2) is 19.4 Å². The van der Waals surface area contributed by atoms with Crippen LogP contribution >= 0.6 is 0 Å². The van der Waals surface area contributed by atoms with Crippen molar-refractivity contribution >= 4 is 5.97 Å². The number of rotatable bonds is 2. The summed E-state index contributed by atoms with van der Waals surface area (Å²) in [5.41, 5.74) is 0.159. The Bertz CT molecular complexity index is 343. The Morgan fingerprint density at radius 1 is 1.20 bits per heavy atom. The van der Waals surface area contributed by atoms with Crippen molar-refractivity contribution in [3.05, 3.63) is 29.8 Å². The van der Waals surface area contributed by atoms with Gasteiger partial charge >= 0.3 is 12.3 Å². The van der Waals surface area contributed by atoms with E-state index in [2.05, 4.69) is 9.47 Å². The molecule has 0 atom stereocenters. The van der Waals surface area contributed by atoms with Crippen LogP contribution in [0.5, 0.6) is 5.75 Å². The van der Waals surface area contributed by atoms with Gasteiger partial charge in [0.2, 0.25) is 0 Å². The summed E-state index contributed by atoms with van der Waals surface area (Å²) in [7, 11) is 1.18. The fourth-order valence-corrected chi connectivity index (χ4v) is 0.911. The van der Waals surface area contributed by atoms with Gasteiger partial charge in [0.15, 0.2) is 0 Å². The number of carbonyl (C=O) groups excluding carboxylic acids is 1. The molecule has 1 rings (SSSR count). The predicted octanol–water partition coefficient (Wildman–Crippen LogP) is 2.37. The van der Waals surface area contributed by atoms with Crippen LogP contribution in [0.1, 0.15) is 10.4 Å². The number of alkyl halides is 3. The van der Waals surface area contributed by atoms with Crippen LogP contribution in [-0.2, 0) is 4.74 Å². The second kappa shape index (κ2) is 4.20. The first kappa shape index (κ1) is 11.4. The summed E-state index contributed by atoms with van der Waals surface area (Å²) >= 11 is 0. The molecule has 1 aromatic carbocycles. The Morgan fingerprint density at radius 2 is 1.73 bits per heavy atom. The Morgan fingerprint density at radius 3 is 2.13 bits per heavy atom. The van der Waals surface area contributed by atoms with E-state index in [4.69, 9.17) is 0 Å². The van der Waals surface area contributed by atoms with E-state index in [-0.39, 0.29) is 11.3 Å². The van der Waals surface area contributed by atoms with Gasteiger partial charge in [-0.05, 0) is 24.3 Å². The fraction of sp³-hybridized carbons (Fsp3) is 0.222. The lowest BCUT2D eigenvalue weighted by Crippen LogP contribution is -2.17. The summed E-state index contributed by atoms with van der Waals surface area (Å²) < 4.78 is 43.3. The van der Waals surface area contributed by atoms with Crippen molar-refractivity contribution in [2.45, 2.75) is 6.36 Å². The molecular weight excluding hydrogens is 213 g/mol. The predicted molar refractivity (Wildman–Crippen MR) is 44.5 cm³/mol. The molecule has 3 nitrogen and oxygen atoms in total. The van der Waals surface area contributed by atoms with E-state index < -0.39 is 12.3 Å². The first-order valence-corrected chi connectivity index (χ1v) is 3.86. The second-order valence-corrected chi connectivity index (χ2v) is 2.56. The van der Waals surface area contributed by atoms with Gasteiger partial charge in [-0.15, -0.1) is 13.2 Å². The van der Waals surface area contributed by atoms with E-state index >= 15 is 0 Å². The summed E-state index contributed by atoms with van der Waals surface area (Å²) in [6, 6.07) is 4.46. The SMILES string of the molecule is COC(=O)c1ccc(OC(F)(F)F)cc1. The highest BCUT2D eigenvalue weighted by atomic mass is 19.4. The van der Waals surface area contributed by atoms with Crippen molar-refractivity contribution < 1.29 is 27.4 Å². The average Bonchev–Trinajstić information content (AvgIpc) is 2.15. The van der Waals surface area contributed by atoms with E-state index in [0.717, 1.165) is 12.1 Å². The molecule has 0 bridgehead atoms. The highest BCUT2D eigenvalue weighted by Gasteiger charge is 2.31. The van der Waals surface area contributed by atoms with Crippen LogP contribution in [0.2, 0.25) is 0 Å². The van der Waals surface area contributed by atoms with Crippen molar-refractivity contribution in [1.29, 1.82) is 0 Å². The van der Waals surface area contributed by atoms with Gasteiger partial charge in [0.1, 0.15) is 5.75 Å². The third kappa shape index (κ3) is 3.49. The van der Waals surface area contributed by atoms with Gasteiger partial charge in [-0.2, -0.15) is 0 Å². The summed E-state index contributed by atoms with van der Waals surface area (Å²) in [5, 5.41) is 0. The number of carbonyl (C=O) groups is 1. The van der Waals surface area contributed by atoms with Crippen molar-refractivity contribution in [3.8, 4) is 5.75 Å². The lowest BCUT2D eigenvalue weighted by Gasteiger charge is -2.08. The Balaban J connectivity index is 2.77. The number of esters is 1. The standard InChI is InChI=1S/C9H7F3O3/c1-14-8(13)6-2-4-7(5-3-6)15-9(10,11)12/h2-5H,1H3. The highest BCUT2D eigenvalue weighted by Crippen LogP contribution is 2.22. The second-order valence-electron chi connectivity index (χ2n) is 2.56. The molecule has 0 heterocycles. The van der Waals surface area contributed by atoms with Crippen LogP contribution in [0.4, 0.5) is 13.2 Å². The zero-order chi connectivity index (χ0) is 11.5. The van der Waals surface area contributed by atoms with Crippen LogP contribution < -0.4 is 4.74 Å². The fourth-order valence-electron chi connectivity index (χ4n) is 0.911. The Labute approximate surface area is 83.4 Å². The summed E-state index contributed by atoms with van der Waals surface area (Å²) in [4.78, 5) is 10.9. The number of methoxy groups -OCH3 is 1. The molecule has 0 aliphatic heterocycles. The minimum absolute atomic E-state index is 0.159. The van der Waals surface area contributed by atoms with Crippen molar-refractivity contribution in [2.75, 3.05) is 7.11 Å². The lowest BCUT2D eigenvalue weighted by molar-refractivity contribution is -0.274. The lowest BCUT2D eigenvalue weighted by atomic mass is 10.2. The molecule has 82 valence electrons. The molecule has 6 heteroatoms. The molecule has 0 saturated carbocycles. The average molecular weight is 220 g/mol. The van der Waals surface area contributed by atoms with Gasteiger partial charge in [-0.25, -0.2) is 4.79 Å². The van der Waals surface area contributed by atoms with E-state index in [0.29, 0.717) is 0 Å². The summed E-state index contributed by atoms with van der Waals surface area (Å²) in [5.74, 6) is -0.997. The largest absolute Gasteiger partial charge is 0.573 e. The summed E-state index contributed by atoms with van der Waals surface area (Å²) in [6.07, 6.45) is -4.73. The van der Waals surface area contributed by atoms with Gasteiger partial charge in [0.05, 0.1) is 12.7 Å². The van der Waals surface area contributed by atoms with Gasteiger partial charge in [-0.3, -0.25) is 0 Å². The molecule has 0 unspecified atom stereocenters. The van der Waals surface area contributed by atoms with Gasteiger partial charge in [0.25, 0.3) is 0 Å². The van der Waals surface area contributed by atoms with E-state index in [1.54, 1.807) is 0 Å². The van der Waals surface area contributed by atoms with Crippen molar-refractivity contribution in [2.24, 2.45) is 0 Å². The molecule has 0 aromatic heterocycles. The smallest absolute Gasteiger partial charge is 0.465 e. The van der Waals surface area contributed by atoms with Crippen molar-refractivity contribution in [1.82, 2.24) is 0 Å². The number of ether oxygens (including phenoxy) is 2. The maximum Gasteiger partial charge on any atom is 0.573 e. The number of halogens is 3. The maximum absolute atomic E-state index is 11.8. The Kier molecular flexibility index (Phi) is 3.18. The van der Waals surface area contributed by atoms with Crippen LogP contribution in [0.3, 0.4) is 0 Å². The molecule has 0 aliphatic rings. The molecule has 15 heavy (non-hydrogen) atoms. The first-order chi connectivity index (χ1) is 6.92. The van der Waals surface area contributed by atoms with Crippen molar-refractivity contribution in [3.63, 3.8) is 0 Å². The third-order valence-corrected chi connectivity index (χ3v) is 1.51. The van der Waals surface area contributed by atoms with Crippen LogP contribution in [0.25, 0.3) is 0 Å². The van der Waals surface area contributed by atoms with E-state index in [9.17, 15) is 18.0 Å². The van der Waals surface area contributed by atoms with E-state index in [1.807, 2.05) is 0 Å². The molecule has 0 spiro atoms. The van der Waals surface area contributed by atoms with Crippen LogP contribution in [0, 0.1) is 0 Å². The zero-order valence-corrected chi connectivity index (χ0v) is 7.67. The van der Waals surface area contributed by atoms with Gasteiger partial charge in [-0.1, -0.05) is 0 Å². The maximum atomic E-state index is 11.8. The number of hydrogen-bond acceptors (Lipinski definition) is 3. The number of hydrogen-bond donors (Lipinski definition) is 0. The molecule has 0 radical (unpaired) electrons. The first-order valence-electron chi connectivity index (χ1n) is 3.86. The quantitative estimate of drug-likeness (QED) is 0.718. The van der Waals surface area contributed by atoms with E-state index in [1.165, 1.54) is 19.2 Å². The minimum Gasteiger partial charge on any atom is -0.465 e. The monoisotopic (exact) mass is 220 g/mol. The molecule has 0 aliphatic carbocycles. The Hall–Kier alpha value is -1.72. The van der Waals surface area contributed by atoms with Gasteiger partial charge < -0.3 is 9.47 Å². The molecule has 0 fully saturated rings. The molecule has 0 saturated heterocycles. The van der Waals surface area contributed by atoms with Gasteiger partial charge in [0, 0.05) is 0 Å². The molecule has 0 N–H and O–H groups in total. The minimum atomic E-state index is -4.73. The highest BCUT2D eigenvalue weighted by molar-refractivity contribution is 5.89. The molecule has 0 amide bonds. The topological polar surface area (TPSA) is 35.5 Å². The number of benzene rings is 1. The third-order valence-electron chi connectivity index (χ3n) is 1.51. The molecule has 1 aromatic rings. The molecular formula is C9H7F3O3. The normalized spacial score (nSPS) is 10.9.